The predicted molar refractivity (Wildman–Crippen MR) is 70.5 cm³/mol. The lowest BCUT2D eigenvalue weighted by atomic mass is 10.2. The van der Waals surface area contributed by atoms with E-state index in [1.807, 2.05) is 12.1 Å². The highest BCUT2D eigenvalue weighted by Crippen LogP contribution is 2.29. The van der Waals surface area contributed by atoms with Gasteiger partial charge in [-0.2, -0.15) is 0 Å². The third kappa shape index (κ3) is 4.60. The summed E-state index contributed by atoms with van der Waals surface area (Å²) in [5.41, 5.74) is 0.885. The zero-order chi connectivity index (χ0) is 11.8. The van der Waals surface area contributed by atoms with Gasteiger partial charge in [-0.3, -0.25) is 0 Å². The molecule has 0 aromatic heterocycles. The molecule has 90 valence electrons. The molecule has 0 spiro atoms. The minimum absolute atomic E-state index is 0.285. The number of anilines is 1. The molecule has 0 saturated heterocycles. The fourth-order valence-corrected chi connectivity index (χ4v) is 1.82. The van der Waals surface area contributed by atoms with E-state index in [-0.39, 0.29) is 6.61 Å². The summed E-state index contributed by atoms with van der Waals surface area (Å²) in [7, 11) is 0. The molecule has 0 heterocycles. The Morgan fingerprint density at radius 3 is 2.56 bits per heavy atom. The number of unbranched alkanes of at least 4 members (excludes halogenated alkanes) is 3. The Bertz CT molecular complexity index is 318. The number of halogens is 2. The van der Waals surface area contributed by atoms with Crippen molar-refractivity contribution in [2.45, 2.75) is 25.7 Å². The minimum Gasteiger partial charge on any atom is -0.396 e. The Labute approximate surface area is 107 Å². The largest absolute Gasteiger partial charge is 0.396 e. The van der Waals surface area contributed by atoms with Crippen LogP contribution in [-0.2, 0) is 0 Å². The lowest BCUT2D eigenvalue weighted by molar-refractivity contribution is 0.283. The van der Waals surface area contributed by atoms with Crippen LogP contribution in [0.3, 0.4) is 0 Å². The second-order valence-electron chi connectivity index (χ2n) is 3.67. The van der Waals surface area contributed by atoms with Gasteiger partial charge in [0.05, 0.1) is 15.7 Å². The highest BCUT2D eigenvalue weighted by molar-refractivity contribution is 6.43. The Morgan fingerprint density at radius 2 is 1.81 bits per heavy atom. The Hall–Kier alpha value is -0.440. The van der Waals surface area contributed by atoms with Crippen LogP contribution in [0, 0.1) is 0 Å². The number of hydrogen-bond donors (Lipinski definition) is 2. The maximum Gasteiger partial charge on any atom is 0.0823 e. The quantitative estimate of drug-likeness (QED) is 0.729. The second-order valence-corrected chi connectivity index (χ2v) is 4.45. The van der Waals surface area contributed by atoms with Gasteiger partial charge in [0.15, 0.2) is 0 Å². The van der Waals surface area contributed by atoms with Gasteiger partial charge in [-0.05, 0) is 25.0 Å². The number of aliphatic hydroxyl groups is 1. The minimum atomic E-state index is 0.285. The van der Waals surface area contributed by atoms with Gasteiger partial charge in [0.25, 0.3) is 0 Å². The molecule has 0 atom stereocenters. The van der Waals surface area contributed by atoms with Crippen LogP contribution in [0.5, 0.6) is 0 Å². The van der Waals surface area contributed by atoms with Crippen LogP contribution < -0.4 is 5.32 Å². The molecule has 0 unspecified atom stereocenters. The molecule has 2 nitrogen and oxygen atoms in total. The first kappa shape index (κ1) is 13.6. The zero-order valence-electron chi connectivity index (χ0n) is 9.18. The van der Waals surface area contributed by atoms with Gasteiger partial charge in [-0.1, -0.05) is 42.1 Å². The molecule has 0 aliphatic rings. The first-order valence-electron chi connectivity index (χ1n) is 5.54. The van der Waals surface area contributed by atoms with E-state index in [9.17, 15) is 0 Å². The molecule has 0 saturated carbocycles. The van der Waals surface area contributed by atoms with Crippen molar-refractivity contribution in [2.75, 3.05) is 18.5 Å². The Kier molecular flexibility index (Phi) is 6.62. The van der Waals surface area contributed by atoms with Crippen molar-refractivity contribution in [1.29, 1.82) is 0 Å². The lowest BCUT2D eigenvalue weighted by Gasteiger charge is -2.08. The van der Waals surface area contributed by atoms with Crippen LogP contribution in [-0.4, -0.2) is 18.3 Å². The summed E-state index contributed by atoms with van der Waals surface area (Å²) < 4.78 is 0. The molecule has 0 amide bonds. The van der Waals surface area contributed by atoms with Crippen LogP contribution >= 0.6 is 23.2 Å². The zero-order valence-corrected chi connectivity index (χ0v) is 10.7. The van der Waals surface area contributed by atoms with Gasteiger partial charge in [0.2, 0.25) is 0 Å². The summed E-state index contributed by atoms with van der Waals surface area (Å²) >= 11 is 11.9. The summed E-state index contributed by atoms with van der Waals surface area (Å²) in [4.78, 5) is 0. The first-order chi connectivity index (χ1) is 7.75. The predicted octanol–water partition coefficient (Wildman–Crippen LogP) is 3.96. The van der Waals surface area contributed by atoms with E-state index in [1.165, 1.54) is 0 Å². The molecule has 1 aromatic rings. The maximum absolute atomic E-state index is 8.62. The van der Waals surface area contributed by atoms with E-state index in [0.29, 0.717) is 10.0 Å². The molecule has 1 aromatic carbocycles. The summed E-state index contributed by atoms with van der Waals surface area (Å²) in [6.07, 6.45) is 4.15. The van der Waals surface area contributed by atoms with E-state index in [4.69, 9.17) is 28.3 Å². The van der Waals surface area contributed by atoms with E-state index in [1.54, 1.807) is 6.07 Å². The fraction of sp³-hybridized carbons (Fsp3) is 0.500. The molecule has 0 aliphatic carbocycles. The topological polar surface area (TPSA) is 32.3 Å². The Morgan fingerprint density at radius 1 is 1.06 bits per heavy atom. The molecular formula is C12H17Cl2NO. The molecule has 0 fully saturated rings. The van der Waals surface area contributed by atoms with E-state index >= 15 is 0 Å². The number of nitrogens with one attached hydrogen (secondary N) is 1. The van der Waals surface area contributed by atoms with E-state index in [0.717, 1.165) is 37.9 Å². The van der Waals surface area contributed by atoms with Crippen LogP contribution in [0.1, 0.15) is 25.7 Å². The van der Waals surface area contributed by atoms with Gasteiger partial charge in [-0.25, -0.2) is 0 Å². The number of benzene rings is 1. The van der Waals surface area contributed by atoms with Crippen molar-refractivity contribution in [3.05, 3.63) is 28.2 Å². The van der Waals surface area contributed by atoms with Gasteiger partial charge < -0.3 is 10.4 Å². The Balaban J connectivity index is 2.24. The average Bonchev–Trinajstić information content (AvgIpc) is 2.29. The molecule has 1 rings (SSSR count). The highest BCUT2D eigenvalue weighted by Gasteiger charge is 2.02. The smallest absolute Gasteiger partial charge is 0.0823 e. The summed E-state index contributed by atoms with van der Waals surface area (Å²) in [6.45, 7) is 1.17. The van der Waals surface area contributed by atoms with Crippen LogP contribution in [0.4, 0.5) is 5.69 Å². The van der Waals surface area contributed by atoms with Gasteiger partial charge in [0.1, 0.15) is 0 Å². The monoisotopic (exact) mass is 261 g/mol. The molecular weight excluding hydrogens is 245 g/mol. The van der Waals surface area contributed by atoms with Crippen molar-refractivity contribution in [1.82, 2.24) is 0 Å². The van der Waals surface area contributed by atoms with Gasteiger partial charge >= 0.3 is 0 Å². The molecule has 2 N–H and O–H groups in total. The van der Waals surface area contributed by atoms with Crippen LogP contribution in [0.25, 0.3) is 0 Å². The van der Waals surface area contributed by atoms with Crippen LogP contribution in [0.15, 0.2) is 18.2 Å². The van der Waals surface area contributed by atoms with E-state index < -0.39 is 0 Å². The normalized spacial score (nSPS) is 10.4. The summed E-state index contributed by atoms with van der Waals surface area (Å²) in [5, 5.41) is 13.0. The fourth-order valence-electron chi connectivity index (χ4n) is 1.45. The maximum atomic E-state index is 8.62. The van der Waals surface area contributed by atoms with Crippen molar-refractivity contribution in [3.63, 3.8) is 0 Å². The standard InChI is InChI=1S/C12H17Cl2NO/c13-10-6-5-7-11(12(10)14)15-8-3-1-2-4-9-16/h5-7,15-16H,1-4,8-9H2. The third-order valence-electron chi connectivity index (χ3n) is 2.35. The van der Waals surface area contributed by atoms with Gasteiger partial charge in [0, 0.05) is 13.2 Å². The number of hydrogen-bond acceptors (Lipinski definition) is 2. The second kappa shape index (κ2) is 7.77. The van der Waals surface area contributed by atoms with E-state index in [2.05, 4.69) is 5.32 Å². The first-order valence-corrected chi connectivity index (χ1v) is 6.30. The third-order valence-corrected chi connectivity index (χ3v) is 3.17. The lowest BCUT2D eigenvalue weighted by Crippen LogP contribution is -2.02. The highest BCUT2D eigenvalue weighted by atomic mass is 35.5. The average molecular weight is 262 g/mol. The SMILES string of the molecule is OCCCCCCNc1cccc(Cl)c1Cl. The number of rotatable bonds is 7. The molecule has 4 heteroatoms. The molecule has 16 heavy (non-hydrogen) atoms. The number of aliphatic hydroxyl groups excluding tert-OH is 1. The molecule has 0 radical (unpaired) electrons. The molecule has 0 aliphatic heterocycles. The summed E-state index contributed by atoms with van der Waals surface area (Å²) in [5.74, 6) is 0. The van der Waals surface area contributed by atoms with Crippen LogP contribution in [0.2, 0.25) is 10.0 Å². The van der Waals surface area contributed by atoms with Gasteiger partial charge in [-0.15, -0.1) is 0 Å². The summed E-state index contributed by atoms with van der Waals surface area (Å²) in [6, 6.07) is 5.57. The van der Waals surface area contributed by atoms with Crippen molar-refractivity contribution in [2.24, 2.45) is 0 Å². The molecule has 0 bridgehead atoms. The van der Waals surface area contributed by atoms with Crippen molar-refractivity contribution in [3.8, 4) is 0 Å². The van der Waals surface area contributed by atoms with Crippen molar-refractivity contribution < 1.29 is 5.11 Å². The van der Waals surface area contributed by atoms with Crippen molar-refractivity contribution >= 4 is 28.9 Å².